The van der Waals surface area contributed by atoms with Crippen LogP contribution in [-0.4, -0.2) is 19.9 Å². The molecule has 3 aromatic carbocycles. The summed E-state index contributed by atoms with van der Waals surface area (Å²) in [6.07, 6.45) is 2.12. The summed E-state index contributed by atoms with van der Waals surface area (Å²) in [5.41, 5.74) is 6.49. The van der Waals surface area contributed by atoms with Crippen molar-refractivity contribution in [3.8, 4) is 11.5 Å². The Morgan fingerprint density at radius 2 is 1.56 bits per heavy atom. The van der Waals surface area contributed by atoms with E-state index >= 15 is 0 Å². The molecule has 0 radical (unpaired) electrons. The predicted octanol–water partition coefficient (Wildman–Crippen LogP) is 6.33. The second kappa shape index (κ2) is 7.23. The van der Waals surface area contributed by atoms with Gasteiger partial charge in [0.05, 0.1) is 19.8 Å². The fraction of sp³-hybridized carbons (Fsp3) is 0.345. The van der Waals surface area contributed by atoms with Crippen LogP contribution in [0.4, 0.5) is 0 Å². The van der Waals surface area contributed by atoms with Crippen molar-refractivity contribution in [2.24, 2.45) is 16.8 Å². The molecule has 5 atom stereocenters. The van der Waals surface area contributed by atoms with E-state index in [2.05, 4.69) is 79.7 Å². The molecule has 4 aliphatic rings. The Labute approximate surface area is 190 Å². The highest BCUT2D eigenvalue weighted by molar-refractivity contribution is 6.04. The van der Waals surface area contributed by atoms with Crippen LogP contribution in [0.5, 0.6) is 11.5 Å². The largest absolute Gasteiger partial charge is 0.493 e. The van der Waals surface area contributed by atoms with Crippen LogP contribution in [0.3, 0.4) is 0 Å². The van der Waals surface area contributed by atoms with Crippen molar-refractivity contribution in [2.45, 2.75) is 37.1 Å². The fourth-order valence-corrected chi connectivity index (χ4v) is 6.86. The molecule has 32 heavy (non-hydrogen) atoms. The molecular weight excluding hydrogens is 394 g/mol. The van der Waals surface area contributed by atoms with Crippen LogP contribution in [0.15, 0.2) is 77.8 Å². The topological polar surface area (TPSA) is 30.8 Å². The van der Waals surface area contributed by atoms with Crippen LogP contribution in [0.2, 0.25) is 0 Å². The van der Waals surface area contributed by atoms with Crippen molar-refractivity contribution in [2.75, 3.05) is 14.2 Å². The molecule has 7 rings (SSSR count). The van der Waals surface area contributed by atoms with Gasteiger partial charge in [-0.3, -0.25) is 4.99 Å². The SMILES string of the molecule is COc1ccc2c(c1OC)[C@H](C)[C@H]1C[C@@]3(c4ccccc4)C[C@@H]2[C@@H]1C(c1ccccc1)=N3. The van der Waals surface area contributed by atoms with Gasteiger partial charge in [0.1, 0.15) is 0 Å². The number of hydrogen-bond donors (Lipinski definition) is 0. The number of fused-ring (bicyclic) bond motifs is 1. The molecule has 0 N–H and O–H groups in total. The van der Waals surface area contributed by atoms with Gasteiger partial charge in [0.15, 0.2) is 11.5 Å². The highest BCUT2D eigenvalue weighted by Gasteiger charge is 2.58. The summed E-state index contributed by atoms with van der Waals surface area (Å²) in [6, 6.07) is 26.2. The number of hydrogen-bond acceptors (Lipinski definition) is 3. The average Bonchev–Trinajstić information content (AvgIpc) is 2.87. The molecule has 2 aliphatic heterocycles. The molecule has 0 aromatic heterocycles. The van der Waals surface area contributed by atoms with Crippen LogP contribution in [0.1, 0.15) is 53.9 Å². The smallest absolute Gasteiger partial charge is 0.164 e. The van der Waals surface area contributed by atoms with E-state index in [1.807, 2.05) is 0 Å². The fourth-order valence-electron chi connectivity index (χ4n) is 6.86. The Hall–Kier alpha value is -3.07. The molecule has 3 nitrogen and oxygen atoms in total. The molecule has 0 amide bonds. The monoisotopic (exact) mass is 423 g/mol. The first-order valence-corrected chi connectivity index (χ1v) is 11.6. The van der Waals surface area contributed by atoms with Crippen molar-refractivity contribution in [1.82, 2.24) is 0 Å². The summed E-state index contributed by atoms with van der Waals surface area (Å²) in [5, 5.41) is 0. The molecule has 3 aromatic rings. The summed E-state index contributed by atoms with van der Waals surface area (Å²) in [4.78, 5) is 5.55. The highest BCUT2D eigenvalue weighted by Crippen LogP contribution is 2.65. The lowest BCUT2D eigenvalue weighted by molar-refractivity contribution is 0.110. The van der Waals surface area contributed by atoms with E-state index in [0.717, 1.165) is 24.3 Å². The maximum Gasteiger partial charge on any atom is 0.164 e. The normalized spacial score (nSPS) is 29.8. The van der Waals surface area contributed by atoms with Gasteiger partial charge in [-0.15, -0.1) is 0 Å². The Kier molecular flexibility index (Phi) is 4.43. The quantitative estimate of drug-likeness (QED) is 0.491. The lowest BCUT2D eigenvalue weighted by Gasteiger charge is -2.58. The molecule has 2 aliphatic carbocycles. The Balaban J connectivity index is 1.60. The van der Waals surface area contributed by atoms with Crippen LogP contribution >= 0.6 is 0 Å². The molecular formula is C29H29NO2. The number of rotatable bonds is 4. The molecule has 1 saturated carbocycles. The van der Waals surface area contributed by atoms with E-state index in [0.29, 0.717) is 23.7 Å². The summed E-state index contributed by atoms with van der Waals surface area (Å²) >= 11 is 0. The summed E-state index contributed by atoms with van der Waals surface area (Å²) in [7, 11) is 3.49. The van der Waals surface area contributed by atoms with Crippen LogP contribution in [-0.2, 0) is 5.54 Å². The van der Waals surface area contributed by atoms with Gasteiger partial charge in [-0.05, 0) is 53.4 Å². The van der Waals surface area contributed by atoms with Crippen molar-refractivity contribution >= 4 is 5.71 Å². The number of aliphatic imine (C=N–C) groups is 1. The van der Waals surface area contributed by atoms with Gasteiger partial charge in [-0.25, -0.2) is 0 Å². The minimum atomic E-state index is -0.171. The maximum atomic E-state index is 5.92. The van der Waals surface area contributed by atoms with E-state index in [9.17, 15) is 0 Å². The minimum absolute atomic E-state index is 0.171. The zero-order valence-corrected chi connectivity index (χ0v) is 18.9. The van der Waals surface area contributed by atoms with Gasteiger partial charge in [0.2, 0.25) is 0 Å². The summed E-state index contributed by atoms with van der Waals surface area (Å²) < 4.78 is 11.6. The molecule has 0 saturated heterocycles. The van der Waals surface area contributed by atoms with Gasteiger partial charge in [0, 0.05) is 17.2 Å². The van der Waals surface area contributed by atoms with Crippen molar-refractivity contribution in [3.05, 3.63) is 95.1 Å². The third kappa shape index (κ3) is 2.63. The molecule has 4 bridgehead atoms. The first-order valence-electron chi connectivity index (χ1n) is 11.6. The third-order valence-electron chi connectivity index (χ3n) is 8.17. The minimum Gasteiger partial charge on any atom is -0.493 e. The second-order valence-corrected chi connectivity index (χ2v) is 9.56. The van der Waals surface area contributed by atoms with E-state index in [4.69, 9.17) is 14.5 Å². The highest BCUT2D eigenvalue weighted by atomic mass is 16.5. The predicted molar refractivity (Wildman–Crippen MR) is 128 cm³/mol. The zero-order valence-electron chi connectivity index (χ0n) is 18.9. The van der Waals surface area contributed by atoms with E-state index in [1.54, 1.807) is 14.2 Å². The lowest BCUT2D eigenvalue weighted by atomic mass is 9.49. The van der Waals surface area contributed by atoms with Gasteiger partial charge in [-0.1, -0.05) is 73.7 Å². The van der Waals surface area contributed by atoms with Gasteiger partial charge in [-0.2, -0.15) is 0 Å². The molecule has 1 fully saturated rings. The Morgan fingerprint density at radius 1 is 0.844 bits per heavy atom. The average molecular weight is 424 g/mol. The van der Waals surface area contributed by atoms with E-state index in [1.165, 1.54) is 28.0 Å². The lowest BCUT2D eigenvalue weighted by Crippen LogP contribution is -2.53. The van der Waals surface area contributed by atoms with Gasteiger partial charge in [0.25, 0.3) is 0 Å². The molecule has 162 valence electrons. The first kappa shape index (κ1) is 19.6. The van der Waals surface area contributed by atoms with Crippen molar-refractivity contribution in [3.63, 3.8) is 0 Å². The molecule has 3 heteroatoms. The third-order valence-corrected chi connectivity index (χ3v) is 8.17. The first-order chi connectivity index (χ1) is 15.7. The van der Waals surface area contributed by atoms with E-state index in [-0.39, 0.29) is 5.54 Å². The van der Waals surface area contributed by atoms with Crippen molar-refractivity contribution < 1.29 is 9.47 Å². The summed E-state index contributed by atoms with van der Waals surface area (Å²) in [5.74, 6) is 3.48. The van der Waals surface area contributed by atoms with Crippen LogP contribution in [0, 0.1) is 11.8 Å². The Morgan fingerprint density at radius 3 is 2.25 bits per heavy atom. The second-order valence-electron chi connectivity index (χ2n) is 9.56. The standard InChI is InChI=1S/C29H29NO2/c1-18-22-16-29(20-12-8-5-9-13-20)17-23(21-14-15-24(31-2)28(32-3)25(18)21)26(22)27(30-29)19-10-6-4-7-11-19/h4-15,18,22-23,26H,16-17H2,1-3H3/t18-,22-,23+,26-,29+/m1/s1. The van der Waals surface area contributed by atoms with Crippen LogP contribution < -0.4 is 9.47 Å². The molecule has 0 unspecified atom stereocenters. The summed E-state index contributed by atoms with van der Waals surface area (Å²) in [6.45, 7) is 2.38. The molecule has 0 spiro atoms. The maximum absolute atomic E-state index is 5.92. The van der Waals surface area contributed by atoms with E-state index < -0.39 is 0 Å². The zero-order chi connectivity index (χ0) is 21.9. The Bertz CT molecular complexity index is 1190. The van der Waals surface area contributed by atoms with Crippen LogP contribution in [0.25, 0.3) is 0 Å². The van der Waals surface area contributed by atoms with Gasteiger partial charge < -0.3 is 9.47 Å². The number of benzene rings is 3. The van der Waals surface area contributed by atoms with Crippen molar-refractivity contribution in [1.29, 1.82) is 0 Å². The van der Waals surface area contributed by atoms with Gasteiger partial charge >= 0.3 is 0 Å². The number of ether oxygens (including phenoxy) is 2. The number of nitrogens with zero attached hydrogens (tertiary/aromatic N) is 1. The molecule has 2 heterocycles. The number of methoxy groups -OCH3 is 2.